The fourth-order valence-corrected chi connectivity index (χ4v) is 3.42. The number of amides is 2. The maximum absolute atomic E-state index is 13.8. The average molecular weight is 385 g/mol. The van der Waals surface area contributed by atoms with Gasteiger partial charge in [-0.1, -0.05) is 43.7 Å². The highest BCUT2D eigenvalue weighted by Gasteiger charge is 2.35. The highest BCUT2D eigenvalue weighted by molar-refractivity contribution is 8.18. The smallest absolute Gasteiger partial charge is 0.293 e. The van der Waals surface area contributed by atoms with Crippen LogP contribution in [0.4, 0.5) is 9.18 Å². The first-order chi connectivity index (χ1) is 13.1. The Morgan fingerprint density at radius 3 is 2.56 bits per heavy atom. The second-order valence-electron chi connectivity index (χ2n) is 6.13. The molecule has 0 aliphatic carbocycles. The third kappa shape index (κ3) is 4.77. The summed E-state index contributed by atoms with van der Waals surface area (Å²) in [5.41, 5.74) is 1.11. The molecule has 2 aromatic rings. The van der Waals surface area contributed by atoms with Crippen LogP contribution < -0.4 is 4.74 Å². The van der Waals surface area contributed by atoms with Crippen molar-refractivity contribution in [3.63, 3.8) is 0 Å². The van der Waals surface area contributed by atoms with Crippen molar-refractivity contribution in [1.29, 1.82) is 0 Å². The van der Waals surface area contributed by atoms with Crippen molar-refractivity contribution in [2.75, 3.05) is 6.61 Å². The maximum atomic E-state index is 13.8. The molecule has 0 spiro atoms. The van der Waals surface area contributed by atoms with Gasteiger partial charge in [-0.25, -0.2) is 4.39 Å². The van der Waals surface area contributed by atoms with Crippen molar-refractivity contribution in [2.45, 2.75) is 26.3 Å². The van der Waals surface area contributed by atoms with Crippen LogP contribution >= 0.6 is 11.8 Å². The molecule has 3 rings (SSSR count). The molecule has 4 nitrogen and oxygen atoms in total. The second kappa shape index (κ2) is 8.86. The van der Waals surface area contributed by atoms with Gasteiger partial charge >= 0.3 is 0 Å². The Morgan fingerprint density at radius 2 is 1.85 bits per heavy atom. The normalized spacial score (nSPS) is 15.6. The van der Waals surface area contributed by atoms with E-state index in [2.05, 4.69) is 6.92 Å². The zero-order valence-corrected chi connectivity index (χ0v) is 15.8. The minimum absolute atomic E-state index is 0.0705. The number of nitrogens with zero attached hydrogens (tertiary/aromatic N) is 1. The van der Waals surface area contributed by atoms with Crippen molar-refractivity contribution in [2.24, 2.45) is 0 Å². The summed E-state index contributed by atoms with van der Waals surface area (Å²) in [5.74, 6) is -0.0658. The van der Waals surface area contributed by atoms with Gasteiger partial charge in [0.2, 0.25) is 0 Å². The first-order valence-electron chi connectivity index (χ1n) is 8.80. The number of rotatable bonds is 7. The molecule has 140 valence electrons. The first-order valence-corrected chi connectivity index (χ1v) is 9.61. The van der Waals surface area contributed by atoms with Crippen LogP contribution in [0, 0.1) is 5.82 Å². The fraction of sp³-hybridized carbons (Fsp3) is 0.238. The summed E-state index contributed by atoms with van der Waals surface area (Å²) in [5, 5.41) is -0.394. The maximum Gasteiger partial charge on any atom is 0.293 e. The van der Waals surface area contributed by atoms with Gasteiger partial charge in [-0.05, 0) is 48.0 Å². The van der Waals surface area contributed by atoms with Crippen molar-refractivity contribution in [3.8, 4) is 5.75 Å². The Kier molecular flexibility index (Phi) is 6.29. The molecule has 0 unspecified atom stereocenters. The van der Waals surface area contributed by atoms with Gasteiger partial charge in [0.25, 0.3) is 11.1 Å². The molecule has 2 aromatic carbocycles. The van der Waals surface area contributed by atoms with Gasteiger partial charge in [0.05, 0.1) is 18.1 Å². The molecule has 6 heteroatoms. The lowest BCUT2D eigenvalue weighted by Crippen LogP contribution is -2.27. The molecule has 27 heavy (non-hydrogen) atoms. The summed E-state index contributed by atoms with van der Waals surface area (Å²) in [6.07, 6.45) is 3.74. The van der Waals surface area contributed by atoms with Gasteiger partial charge in [-0.3, -0.25) is 14.5 Å². The fourth-order valence-electron chi connectivity index (χ4n) is 2.58. The van der Waals surface area contributed by atoms with E-state index in [-0.39, 0.29) is 6.54 Å². The average Bonchev–Trinajstić information content (AvgIpc) is 2.92. The van der Waals surface area contributed by atoms with Crippen LogP contribution in [0.25, 0.3) is 6.08 Å². The van der Waals surface area contributed by atoms with Gasteiger partial charge in [-0.2, -0.15) is 0 Å². The molecule has 1 fully saturated rings. The second-order valence-corrected chi connectivity index (χ2v) is 7.12. The van der Waals surface area contributed by atoms with Gasteiger partial charge in [0.1, 0.15) is 11.6 Å². The lowest BCUT2D eigenvalue weighted by Gasteiger charge is -2.12. The van der Waals surface area contributed by atoms with Crippen LogP contribution in [0.5, 0.6) is 5.75 Å². The number of benzene rings is 2. The van der Waals surface area contributed by atoms with Crippen LogP contribution in [-0.2, 0) is 11.3 Å². The van der Waals surface area contributed by atoms with Gasteiger partial charge in [0, 0.05) is 5.56 Å². The molecule has 0 atom stereocenters. The van der Waals surface area contributed by atoms with E-state index in [0.29, 0.717) is 17.1 Å². The molecule has 0 aromatic heterocycles. The summed E-state index contributed by atoms with van der Waals surface area (Å²) in [6.45, 7) is 2.70. The third-order valence-electron chi connectivity index (χ3n) is 4.10. The van der Waals surface area contributed by atoms with E-state index in [9.17, 15) is 14.0 Å². The summed E-state index contributed by atoms with van der Waals surface area (Å²) in [6, 6.07) is 13.5. The summed E-state index contributed by atoms with van der Waals surface area (Å²) in [4.78, 5) is 26.1. The number of halogens is 1. The predicted molar refractivity (Wildman–Crippen MR) is 105 cm³/mol. The SMILES string of the molecule is CCCCOc1ccc(/C=C2\SC(=O)N(Cc3ccccc3F)C2=O)cc1. The minimum atomic E-state index is -0.431. The van der Waals surface area contributed by atoms with Crippen LogP contribution in [-0.4, -0.2) is 22.7 Å². The van der Waals surface area contributed by atoms with Crippen LogP contribution in [0.3, 0.4) is 0 Å². The molecule has 1 aliphatic rings. The van der Waals surface area contributed by atoms with E-state index < -0.39 is 17.0 Å². The van der Waals surface area contributed by atoms with Crippen molar-refractivity contribution >= 4 is 29.0 Å². The first kappa shape index (κ1) is 19.2. The molecular weight excluding hydrogens is 365 g/mol. The number of thioether (sulfide) groups is 1. The molecule has 0 bridgehead atoms. The number of carbonyl (C=O) groups excluding carboxylic acids is 2. The van der Waals surface area contributed by atoms with Crippen LogP contribution in [0.1, 0.15) is 30.9 Å². The van der Waals surface area contributed by atoms with E-state index in [1.807, 2.05) is 24.3 Å². The van der Waals surface area contributed by atoms with Crippen molar-refractivity contribution in [3.05, 3.63) is 70.4 Å². The standard InChI is InChI=1S/C21H20FNO3S/c1-2-3-12-26-17-10-8-15(9-11-17)13-19-20(24)23(21(25)27-19)14-16-6-4-5-7-18(16)22/h4-11,13H,2-3,12,14H2,1H3/b19-13-. The zero-order valence-electron chi connectivity index (χ0n) is 15.0. The third-order valence-corrected chi connectivity index (χ3v) is 5.01. The van der Waals surface area contributed by atoms with Crippen LogP contribution in [0.15, 0.2) is 53.4 Å². The van der Waals surface area contributed by atoms with Crippen molar-refractivity contribution in [1.82, 2.24) is 4.90 Å². The van der Waals surface area contributed by atoms with Gasteiger partial charge < -0.3 is 4.74 Å². The molecular formula is C21H20FNO3S. The lowest BCUT2D eigenvalue weighted by molar-refractivity contribution is -0.123. The highest BCUT2D eigenvalue weighted by atomic mass is 32.2. The molecule has 0 radical (unpaired) electrons. The zero-order chi connectivity index (χ0) is 19.2. The number of carbonyl (C=O) groups is 2. The quantitative estimate of drug-likeness (QED) is 0.483. The summed E-state index contributed by atoms with van der Waals surface area (Å²) in [7, 11) is 0. The molecule has 1 heterocycles. The molecule has 2 amide bonds. The van der Waals surface area contributed by atoms with E-state index >= 15 is 0 Å². The number of ether oxygens (including phenoxy) is 1. The Labute approximate surface area is 162 Å². The van der Waals surface area contributed by atoms with E-state index in [4.69, 9.17) is 4.74 Å². The molecule has 1 saturated heterocycles. The monoisotopic (exact) mass is 385 g/mol. The Bertz CT molecular complexity index is 864. The lowest BCUT2D eigenvalue weighted by atomic mass is 10.2. The molecule has 1 aliphatic heterocycles. The number of hydrogen-bond acceptors (Lipinski definition) is 4. The molecule has 0 N–H and O–H groups in total. The van der Waals surface area contributed by atoms with Crippen LogP contribution in [0.2, 0.25) is 0 Å². The minimum Gasteiger partial charge on any atom is -0.494 e. The Hall–Kier alpha value is -2.60. The summed E-state index contributed by atoms with van der Waals surface area (Å²) < 4.78 is 19.4. The molecule has 0 saturated carbocycles. The predicted octanol–water partition coefficient (Wildman–Crippen LogP) is 5.24. The Morgan fingerprint density at radius 1 is 1.11 bits per heavy atom. The van der Waals surface area contributed by atoms with Gasteiger partial charge in [-0.15, -0.1) is 0 Å². The van der Waals surface area contributed by atoms with E-state index in [1.54, 1.807) is 24.3 Å². The topological polar surface area (TPSA) is 46.6 Å². The van der Waals surface area contributed by atoms with Crippen molar-refractivity contribution < 1.29 is 18.7 Å². The highest BCUT2D eigenvalue weighted by Crippen LogP contribution is 2.33. The number of imide groups is 1. The number of hydrogen-bond donors (Lipinski definition) is 0. The van der Waals surface area contributed by atoms with Gasteiger partial charge in [0.15, 0.2) is 0 Å². The Balaban J connectivity index is 1.69. The number of unbranched alkanes of at least 4 members (excludes halogenated alkanes) is 1. The van der Waals surface area contributed by atoms with E-state index in [1.165, 1.54) is 6.07 Å². The largest absolute Gasteiger partial charge is 0.494 e. The van der Waals surface area contributed by atoms with E-state index in [0.717, 1.165) is 40.8 Å². The summed E-state index contributed by atoms with van der Waals surface area (Å²) >= 11 is 0.868.